The first-order valence-electron chi connectivity index (χ1n) is 7.11. The van der Waals surface area contributed by atoms with E-state index < -0.39 is 5.60 Å². The number of allylic oxidation sites excluding steroid dienone is 3. The molecule has 1 rings (SSSR count). The molecule has 3 heteroatoms. The second kappa shape index (κ2) is 6.78. The molecule has 0 N–H and O–H groups in total. The van der Waals surface area contributed by atoms with E-state index >= 15 is 0 Å². The molecule has 1 aliphatic rings. The van der Waals surface area contributed by atoms with Gasteiger partial charge >= 0.3 is 5.97 Å². The van der Waals surface area contributed by atoms with E-state index in [2.05, 4.69) is 12.7 Å². The lowest BCUT2D eigenvalue weighted by Crippen LogP contribution is -2.26. The van der Waals surface area contributed by atoms with E-state index in [0.29, 0.717) is 6.61 Å². The van der Waals surface area contributed by atoms with E-state index in [1.165, 1.54) is 5.57 Å². The summed E-state index contributed by atoms with van der Waals surface area (Å²) in [7, 11) is 0. The molecule has 1 atom stereocenters. The first-order chi connectivity index (χ1) is 9.26. The normalized spacial score (nSPS) is 23.6. The zero-order valence-corrected chi connectivity index (χ0v) is 13.3. The topological polar surface area (TPSA) is 35.5 Å². The van der Waals surface area contributed by atoms with E-state index in [0.717, 1.165) is 17.8 Å². The first-order valence-corrected chi connectivity index (χ1v) is 7.11. The van der Waals surface area contributed by atoms with Crippen LogP contribution in [0.25, 0.3) is 0 Å². The molecule has 112 valence electrons. The molecule has 0 aromatic heterocycles. The Morgan fingerprint density at radius 1 is 1.40 bits per heavy atom. The fraction of sp³-hybridized carbons (Fsp3) is 0.588. The highest BCUT2D eigenvalue weighted by molar-refractivity contribution is 5.72. The fourth-order valence-electron chi connectivity index (χ4n) is 2.21. The third-order valence-corrected chi connectivity index (χ3v) is 3.20. The molecule has 0 aliphatic carbocycles. The second-order valence-electron chi connectivity index (χ2n) is 6.10. The molecule has 1 aliphatic heterocycles. The van der Waals surface area contributed by atoms with Crippen LogP contribution in [-0.4, -0.2) is 18.2 Å². The van der Waals surface area contributed by atoms with Crippen molar-refractivity contribution in [2.75, 3.05) is 6.61 Å². The van der Waals surface area contributed by atoms with E-state index in [9.17, 15) is 4.79 Å². The Hall–Kier alpha value is -1.51. The van der Waals surface area contributed by atoms with Crippen LogP contribution in [-0.2, 0) is 14.3 Å². The Morgan fingerprint density at radius 2 is 2.05 bits per heavy atom. The predicted octanol–water partition coefficient (Wildman–Crippen LogP) is 4.16. The van der Waals surface area contributed by atoms with Crippen LogP contribution in [0.2, 0.25) is 0 Å². The van der Waals surface area contributed by atoms with Crippen LogP contribution in [0.15, 0.2) is 35.6 Å². The van der Waals surface area contributed by atoms with Crippen LogP contribution in [0.5, 0.6) is 0 Å². The van der Waals surface area contributed by atoms with Gasteiger partial charge in [0, 0.05) is 5.92 Å². The van der Waals surface area contributed by atoms with Gasteiger partial charge in [0.2, 0.25) is 0 Å². The second-order valence-corrected chi connectivity index (χ2v) is 6.10. The van der Waals surface area contributed by atoms with Gasteiger partial charge < -0.3 is 9.47 Å². The number of hydrogen-bond acceptors (Lipinski definition) is 3. The number of rotatable bonds is 3. The molecule has 1 saturated heterocycles. The fourth-order valence-corrected chi connectivity index (χ4v) is 2.21. The minimum absolute atomic E-state index is 0.178. The number of hydrogen-bond donors (Lipinski definition) is 0. The summed E-state index contributed by atoms with van der Waals surface area (Å²) in [5, 5.41) is 0. The molecule has 1 unspecified atom stereocenters. The molecule has 1 heterocycles. The van der Waals surface area contributed by atoms with Crippen molar-refractivity contribution in [1.29, 1.82) is 0 Å². The number of carbonyl (C=O) groups excluding carboxylic acids is 1. The zero-order chi connectivity index (χ0) is 15.3. The highest BCUT2D eigenvalue weighted by Crippen LogP contribution is 2.32. The Balaban J connectivity index is 2.60. The lowest BCUT2D eigenvalue weighted by Gasteiger charge is -2.29. The van der Waals surface area contributed by atoms with E-state index in [4.69, 9.17) is 9.47 Å². The molecular formula is C17H26O3. The van der Waals surface area contributed by atoms with Gasteiger partial charge in [-0.25, -0.2) is 0 Å². The third-order valence-electron chi connectivity index (χ3n) is 3.20. The standard InChI is InChI=1S/C17H26O3/c1-7-13-10-14(11-19-15(13)8-2)12(3)9-16(18)20-17(4,5)6/h7-8,14H,3,9-11H2,1-2,4-6H3/b13-7-,15-8+. The zero-order valence-electron chi connectivity index (χ0n) is 13.3. The minimum atomic E-state index is -0.451. The SMILES string of the molecule is C=C(CC(=O)OC(C)(C)C)C1COC(=C/C)/C(=C\C)C1. The van der Waals surface area contributed by atoms with Crippen molar-refractivity contribution in [1.82, 2.24) is 0 Å². The summed E-state index contributed by atoms with van der Waals surface area (Å²) < 4.78 is 11.1. The maximum absolute atomic E-state index is 11.8. The smallest absolute Gasteiger partial charge is 0.310 e. The Kier molecular flexibility index (Phi) is 5.61. The van der Waals surface area contributed by atoms with Crippen LogP contribution >= 0.6 is 0 Å². The van der Waals surface area contributed by atoms with Crippen LogP contribution in [0.3, 0.4) is 0 Å². The molecule has 3 nitrogen and oxygen atoms in total. The van der Waals surface area contributed by atoms with E-state index in [1.807, 2.05) is 40.7 Å². The first kappa shape index (κ1) is 16.5. The average Bonchev–Trinajstić information content (AvgIpc) is 2.35. The molecule has 0 radical (unpaired) electrons. The summed E-state index contributed by atoms with van der Waals surface area (Å²) in [6.45, 7) is 14.2. The molecule has 1 fully saturated rings. The van der Waals surface area contributed by atoms with Gasteiger partial charge in [0.1, 0.15) is 11.4 Å². The van der Waals surface area contributed by atoms with Gasteiger partial charge in [0.05, 0.1) is 13.0 Å². The summed E-state index contributed by atoms with van der Waals surface area (Å²) in [6, 6.07) is 0. The van der Waals surface area contributed by atoms with Gasteiger partial charge in [-0.1, -0.05) is 18.2 Å². The molecule has 0 aromatic carbocycles. The maximum atomic E-state index is 11.8. The van der Waals surface area contributed by atoms with Crippen molar-refractivity contribution in [3.63, 3.8) is 0 Å². The molecular weight excluding hydrogens is 252 g/mol. The van der Waals surface area contributed by atoms with Crippen LogP contribution in [0.4, 0.5) is 0 Å². The quantitative estimate of drug-likeness (QED) is 0.574. The van der Waals surface area contributed by atoms with Gasteiger partial charge in [-0.05, 0) is 52.7 Å². The molecule has 0 amide bonds. The highest BCUT2D eigenvalue weighted by Gasteiger charge is 2.26. The van der Waals surface area contributed by atoms with Crippen molar-refractivity contribution in [2.24, 2.45) is 5.92 Å². The number of esters is 1. The predicted molar refractivity (Wildman–Crippen MR) is 81.2 cm³/mol. The van der Waals surface area contributed by atoms with Gasteiger partial charge in [-0.2, -0.15) is 0 Å². The summed E-state index contributed by atoms with van der Waals surface area (Å²) in [5.41, 5.74) is 1.61. The van der Waals surface area contributed by atoms with Crippen molar-refractivity contribution in [3.05, 3.63) is 35.6 Å². The van der Waals surface area contributed by atoms with Gasteiger partial charge in [0.25, 0.3) is 0 Å². The monoisotopic (exact) mass is 278 g/mol. The summed E-state index contributed by atoms with van der Waals surface area (Å²) >= 11 is 0. The summed E-state index contributed by atoms with van der Waals surface area (Å²) in [4.78, 5) is 11.8. The summed E-state index contributed by atoms with van der Waals surface area (Å²) in [5.74, 6) is 0.896. The van der Waals surface area contributed by atoms with E-state index in [1.54, 1.807) is 0 Å². The average molecular weight is 278 g/mol. The number of ether oxygens (including phenoxy) is 2. The number of carbonyl (C=O) groups is 1. The van der Waals surface area contributed by atoms with Gasteiger partial charge in [0.15, 0.2) is 0 Å². The van der Waals surface area contributed by atoms with Gasteiger partial charge in [-0.3, -0.25) is 4.79 Å². The largest absolute Gasteiger partial charge is 0.493 e. The Morgan fingerprint density at radius 3 is 2.55 bits per heavy atom. The summed E-state index contributed by atoms with van der Waals surface area (Å²) in [6.07, 6.45) is 5.16. The highest BCUT2D eigenvalue weighted by atomic mass is 16.6. The van der Waals surface area contributed by atoms with Crippen molar-refractivity contribution in [3.8, 4) is 0 Å². The molecule has 20 heavy (non-hydrogen) atoms. The minimum Gasteiger partial charge on any atom is -0.493 e. The lowest BCUT2D eigenvalue weighted by atomic mass is 9.88. The van der Waals surface area contributed by atoms with Crippen molar-refractivity contribution in [2.45, 2.75) is 53.1 Å². The lowest BCUT2D eigenvalue weighted by molar-refractivity contribution is -0.154. The Labute approximate surface area is 122 Å². The van der Waals surface area contributed by atoms with E-state index in [-0.39, 0.29) is 18.3 Å². The van der Waals surface area contributed by atoms with Crippen molar-refractivity contribution >= 4 is 5.97 Å². The van der Waals surface area contributed by atoms with Crippen LogP contribution in [0, 0.1) is 5.92 Å². The van der Waals surface area contributed by atoms with Crippen LogP contribution in [0.1, 0.15) is 47.5 Å². The molecule has 0 bridgehead atoms. The maximum Gasteiger partial charge on any atom is 0.310 e. The Bertz CT molecular complexity index is 436. The molecule has 0 saturated carbocycles. The molecule has 0 spiro atoms. The van der Waals surface area contributed by atoms with Crippen molar-refractivity contribution < 1.29 is 14.3 Å². The van der Waals surface area contributed by atoms with Crippen LogP contribution < -0.4 is 0 Å². The van der Waals surface area contributed by atoms with Gasteiger partial charge in [-0.15, -0.1) is 0 Å². The third kappa shape index (κ3) is 4.87. The molecule has 0 aromatic rings.